The van der Waals surface area contributed by atoms with E-state index in [1.54, 1.807) is 27.9 Å². The Morgan fingerprint density at radius 2 is 2.00 bits per heavy atom. The van der Waals surface area contributed by atoms with Crippen LogP contribution in [0.3, 0.4) is 0 Å². The summed E-state index contributed by atoms with van der Waals surface area (Å²) >= 11 is 0. The summed E-state index contributed by atoms with van der Waals surface area (Å²) in [4.78, 5) is 35.9. The maximum atomic E-state index is 12.0. The highest BCUT2D eigenvalue weighted by atomic mass is 16.6. The number of aromatic nitrogens is 3. The number of benzene rings is 1. The van der Waals surface area contributed by atoms with Crippen molar-refractivity contribution in [1.29, 1.82) is 0 Å². The summed E-state index contributed by atoms with van der Waals surface area (Å²) in [5, 5.41) is 6.85. The highest BCUT2D eigenvalue weighted by Gasteiger charge is 2.20. The SMILES string of the molecule is COC[C@@H](CNC(=O)OC(C)(C)C)Nc1cnc(C(N)=O)c(-c2cc3ccccc3[nH]2)n1. The Morgan fingerprint density at radius 1 is 1.25 bits per heavy atom. The number of alkyl carbamates (subject to hydrolysis) is 1. The normalized spacial score (nSPS) is 12.4. The number of carbonyl (C=O) groups is 2. The third kappa shape index (κ3) is 5.94. The number of amides is 2. The first-order valence-corrected chi connectivity index (χ1v) is 10.1. The zero-order valence-electron chi connectivity index (χ0n) is 18.6. The Kier molecular flexibility index (Phi) is 6.94. The van der Waals surface area contributed by atoms with Crippen molar-refractivity contribution in [2.75, 3.05) is 25.6 Å². The minimum atomic E-state index is -0.683. The molecule has 2 aromatic heterocycles. The molecule has 3 aromatic rings. The van der Waals surface area contributed by atoms with Gasteiger partial charge in [-0.15, -0.1) is 0 Å². The Morgan fingerprint density at radius 3 is 2.66 bits per heavy atom. The van der Waals surface area contributed by atoms with E-state index >= 15 is 0 Å². The predicted octanol–water partition coefficient (Wildman–Crippen LogP) is 2.68. The first-order chi connectivity index (χ1) is 15.2. The topological polar surface area (TPSA) is 144 Å². The quantitative estimate of drug-likeness (QED) is 0.421. The molecule has 0 aliphatic heterocycles. The summed E-state index contributed by atoms with van der Waals surface area (Å²) in [7, 11) is 1.56. The second-order valence-electron chi connectivity index (χ2n) is 8.27. The number of carbonyl (C=O) groups excluding carboxylic acids is 2. The van der Waals surface area contributed by atoms with Crippen molar-refractivity contribution in [3.63, 3.8) is 0 Å². The largest absolute Gasteiger partial charge is 0.444 e. The minimum Gasteiger partial charge on any atom is -0.444 e. The fraction of sp³-hybridized carbons (Fsp3) is 0.364. The van der Waals surface area contributed by atoms with Crippen LogP contribution in [0.25, 0.3) is 22.3 Å². The van der Waals surface area contributed by atoms with Gasteiger partial charge in [-0.1, -0.05) is 18.2 Å². The van der Waals surface area contributed by atoms with E-state index in [4.69, 9.17) is 15.2 Å². The average Bonchev–Trinajstić information content (AvgIpc) is 3.15. The molecule has 170 valence electrons. The molecule has 2 heterocycles. The Labute approximate surface area is 185 Å². The van der Waals surface area contributed by atoms with Crippen molar-refractivity contribution in [1.82, 2.24) is 20.3 Å². The zero-order valence-corrected chi connectivity index (χ0v) is 18.6. The molecular weight excluding hydrogens is 412 g/mol. The fourth-order valence-corrected chi connectivity index (χ4v) is 3.11. The van der Waals surface area contributed by atoms with Gasteiger partial charge in [0.15, 0.2) is 5.69 Å². The Bertz CT molecular complexity index is 1070. The molecule has 0 aliphatic rings. The minimum absolute atomic E-state index is 0.0530. The van der Waals surface area contributed by atoms with Crippen LogP contribution < -0.4 is 16.4 Å². The number of primary amides is 1. The van der Waals surface area contributed by atoms with Gasteiger partial charge in [0.1, 0.15) is 17.1 Å². The van der Waals surface area contributed by atoms with Gasteiger partial charge >= 0.3 is 6.09 Å². The van der Waals surface area contributed by atoms with Crippen LogP contribution in [0.1, 0.15) is 31.3 Å². The molecule has 0 unspecified atom stereocenters. The zero-order chi connectivity index (χ0) is 23.3. The number of hydrogen-bond donors (Lipinski definition) is 4. The van der Waals surface area contributed by atoms with Crippen molar-refractivity contribution in [2.24, 2.45) is 5.73 Å². The summed E-state index contributed by atoms with van der Waals surface area (Å²) in [6.45, 7) is 5.89. The van der Waals surface area contributed by atoms with Gasteiger partial charge in [-0.3, -0.25) is 4.79 Å². The van der Waals surface area contributed by atoms with Crippen molar-refractivity contribution in [3.05, 3.63) is 42.2 Å². The number of fused-ring (bicyclic) bond motifs is 1. The summed E-state index contributed by atoms with van der Waals surface area (Å²) < 4.78 is 10.5. The van der Waals surface area contributed by atoms with Crippen molar-refractivity contribution >= 4 is 28.7 Å². The lowest BCUT2D eigenvalue weighted by molar-refractivity contribution is 0.0520. The summed E-state index contributed by atoms with van der Waals surface area (Å²) in [5.74, 6) is -0.283. The molecule has 0 saturated carbocycles. The van der Waals surface area contributed by atoms with Crippen LogP contribution >= 0.6 is 0 Å². The summed E-state index contributed by atoms with van der Waals surface area (Å²) in [6.07, 6.45) is 0.886. The van der Waals surface area contributed by atoms with Crippen LogP contribution in [-0.2, 0) is 9.47 Å². The number of para-hydroxylation sites is 1. The standard InChI is InChI=1S/C22H28N6O4/c1-22(2,3)32-21(30)25-10-14(12-31-4)26-17-11-24-19(20(23)29)18(28-17)16-9-13-7-5-6-8-15(13)27-16/h5-9,11,14,27H,10,12H2,1-4H3,(H2,23,29)(H,25,30)(H,26,28)/t14-/m1/s1. The molecule has 1 atom stereocenters. The van der Waals surface area contributed by atoms with Crippen molar-refractivity contribution in [2.45, 2.75) is 32.4 Å². The second kappa shape index (κ2) is 9.65. The van der Waals surface area contributed by atoms with Gasteiger partial charge in [-0.2, -0.15) is 0 Å². The van der Waals surface area contributed by atoms with E-state index in [0.29, 0.717) is 17.2 Å². The number of nitrogens with one attached hydrogen (secondary N) is 3. The third-order valence-corrected chi connectivity index (χ3v) is 4.40. The number of H-pyrrole nitrogens is 1. The Hall–Kier alpha value is -3.66. The van der Waals surface area contributed by atoms with Gasteiger partial charge in [0, 0.05) is 24.6 Å². The number of nitrogens with zero attached hydrogens (tertiary/aromatic N) is 2. The molecule has 10 heteroatoms. The van der Waals surface area contributed by atoms with Gasteiger partial charge in [0.25, 0.3) is 5.91 Å². The number of anilines is 1. The smallest absolute Gasteiger partial charge is 0.407 e. The van der Waals surface area contributed by atoms with Crippen LogP contribution in [0.2, 0.25) is 0 Å². The van der Waals surface area contributed by atoms with Crippen LogP contribution in [0.5, 0.6) is 0 Å². The number of ether oxygens (including phenoxy) is 2. The lowest BCUT2D eigenvalue weighted by Crippen LogP contribution is -2.41. The molecule has 1 aromatic carbocycles. The molecule has 0 aliphatic carbocycles. The van der Waals surface area contributed by atoms with Crippen LogP contribution in [0, 0.1) is 0 Å². The maximum Gasteiger partial charge on any atom is 0.407 e. The number of aromatic amines is 1. The number of methoxy groups -OCH3 is 1. The van der Waals surface area contributed by atoms with Crippen LogP contribution in [0.15, 0.2) is 36.5 Å². The lowest BCUT2D eigenvalue weighted by Gasteiger charge is -2.22. The molecule has 0 radical (unpaired) electrons. The number of nitrogens with two attached hydrogens (primary N) is 1. The van der Waals surface area contributed by atoms with Crippen LogP contribution in [0.4, 0.5) is 10.6 Å². The van der Waals surface area contributed by atoms with Gasteiger partial charge in [0.2, 0.25) is 0 Å². The molecular formula is C22H28N6O4. The number of hydrogen-bond acceptors (Lipinski definition) is 7. The van der Waals surface area contributed by atoms with E-state index < -0.39 is 17.6 Å². The molecule has 0 fully saturated rings. The molecule has 3 rings (SSSR count). The lowest BCUT2D eigenvalue weighted by atomic mass is 10.2. The van der Waals surface area contributed by atoms with E-state index in [1.165, 1.54) is 6.20 Å². The third-order valence-electron chi connectivity index (χ3n) is 4.40. The molecule has 0 bridgehead atoms. The molecule has 5 N–H and O–H groups in total. The highest BCUT2D eigenvalue weighted by molar-refractivity contribution is 5.98. The highest BCUT2D eigenvalue weighted by Crippen LogP contribution is 2.25. The van der Waals surface area contributed by atoms with Gasteiger partial charge in [0.05, 0.1) is 24.5 Å². The van der Waals surface area contributed by atoms with Gasteiger partial charge < -0.3 is 30.8 Å². The molecule has 32 heavy (non-hydrogen) atoms. The average molecular weight is 441 g/mol. The van der Waals surface area contributed by atoms with Crippen molar-refractivity contribution in [3.8, 4) is 11.4 Å². The van der Waals surface area contributed by atoms with E-state index in [2.05, 4.69) is 25.6 Å². The van der Waals surface area contributed by atoms with E-state index in [9.17, 15) is 9.59 Å². The van der Waals surface area contributed by atoms with Gasteiger partial charge in [-0.05, 0) is 32.9 Å². The predicted molar refractivity (Wildman–Crippen MR) is 121 cm³/mol. The molecule has 0 spiro atoms. The molecule has 10 nitrogen and oxygen atoms in total. The first kappa shape index (κ1) is 23.0. The van der Waals surface area contributed by atoms with Crippen LogP contribution in [-0.4, -0.2) is 58.9 Å². The fourth-order valence-electron chi connectivity index (χ4n) is 3.11. The second-order valence-corrected chi connectivity index (χ2v) is 8.27. The Balaban J connectivity index is 1.82. The first-order valence-electron chi connectivity index (χ1n) is 10.1. The molecule has 0 saturated heterocycles. The summed E-state index contributed by atoms with van der Waals surface area (Å²) in [5.41, 5.74) is 6.82. The monoisotopic (exact) mass is 440 g/mol. The molecule has 2 amide bonds. The van der Waals surface area contributed by atoms with Gasteiger partial charge in [-0.25, -0.2) is 14.8 Å². The van der Waals surface area contributed by atoms with E-state index in [1.807, 2.05) is 30.3 Å². The number of rotatable bonds is 8. The van der Waals surface area contributed by atoms with E-state index in [0.717, 1.165) is 10.9 Å². The van der Waals surface area contributed by atoms with E-state index in [-0.39, 0.29) is 24.9 Å². The summed E-state index contributed by atoms with van der Waals surface area (Å²) in [6, 6.07) is 9.27. The van der Waals surface area contributed by atoms with Crippen molar-refractivity contribution < 1.29 is 19.1 Å². The maximum absolute atomic E-state index is 12.0.